The van der Waals surface area contributed by atoms with Crippen molar-refractivity contribution in [1.29, 1.82) is 0 Å². The summed E-state index contributed by atoms with van der Waals surface area (Å²) in [7, 11) is -74.1. The molecule has 0 unspecified atom stereocenters. The first-order chi connectivity index (χ1) is 30.6. The van der Waals surface area contributed by atoms with E-state index in [1.165, 1.54) is 14.0 Å². The Morgan fingerprint density at radius 3 is 1.21 bits per heavy atom. The molecule has 2 aromatic rings. The third-order valence-electron chi connectivity index (χ3n) is 9.23. The molecule has 0 aliphatic rings. The van der Waals surface area contributed by atoms with Gasteiger partial charge in [-0.2, -0.15) is 0 Å². The minimum absolute atomic E-state index is 0.337. The van der Waals surface area contributed by atoms with Crippen LogP contribution < -0.4 is 9.47 Å². The smallest absolute Gasteiger partial charge is 0.381 e. The van der Waals surface area contributed by atoms with Crippen LogP contribution in [0.2, 0.25) is 38.3 Å². The molecule has 0 saturated carbocycles. The average molecular weight is 1240 g/mol. The number of para-hydroxylation sites is 2. The van der Waals surface area contributed by atoms with E-state index < -0.39 is 162 Å². The van der Waals surface area contributed by atoms with E-state index in [1.807, 2.05) is 6.07 Å². The highest BCUT2D eigenvalue weighted by Gasteiger charge is 2.56. The van der Waals surface area contributed by atoms with Crippen LogP contribution >= 0.6 is 0 Å². The zero-order valence-electron chi connectivity index (χ0n) is 35.9. The van der Waals surface area contributed by atoms with Gasteiger partial charge in [-0.05, 0) is 61.7 Å². The third-order valence-corrected chi connectivity index (χ3v) is 157. The Kier molecular flexibility index (Phi) is 25.6. The van der Waals surface area contributed by atoms with Crippen molar-refractivity contribution in [2.45, 2.75) is 70.9 Å². The second-order valence-electron chi connectivity index (χ2n) is 15.2. The summed E-state index contributed by atoms with van der Waals surface area (Å²) in [5.74, 6) is 0.512. The van der Waals surface area contributed by atoms with Crippen LogP contribution in [0.3, 0.4) is 0 Å². The van der Waals surface area contributed by atoms with E-state index in [-0.39, 0.29) is 0 Å². The summed E-state index contributed by atoms with van der Waals surface area (Å²) in [6, 6.07) is 14.8. The molecule has 66 heavy (non-hydrogen) atoms. The number of carbonyl (C=O) groups is 1. The van der Waals surface area contributed by atoms with Gasteiger partial charge in [0, 0.05) is 6.92 Å². The fourth-order valence-electron chi connectivity index (χ4n) is 5.55. The fraction of sp³-hybridized carbons (Fsp3) is 0.480. The summed E-state index contributed by atoms with van der Waals surface area (Å²) in [4.78, 5) is 11.4. The lowest BCUT2D eigenvalue weighted by Gasteiger charge is -2.22. The van der Waals surface area contributed by atoms with E-state index in [2.05, 4.69) is 0 Å². The Labute approximate surface area is 402 Å². The molecule has 2 rings (SSSR count). The molecule has 2 aromatic carbocycles. The molecule has 0 heterocycles. The average Bonchev–Trinajstić information content (AvgIpc) is 3.29. The monoisotopic (exact) mass is 1230 g/mol. The SMILES string of the molecule is COc1ccccc1CCC[Si](C)(C)[Si](=O)[Si](=O)[Si](=O)[Si](=O)[Si](=O)[Si](=O)[Si](=O)[Si](=O)[Si](=O)[Si](=O)[Si](=O)[Si](=O)[Si](=O)[Si](=O)[Si](=O)[Si](=O)[Si](=O)[Si]O[Si](C)(C)CCCc1ccccc1OC(C)=O. The van der Waals surface area contributed by atoms with Crippen molar-refractivity contribution in [3.63, 3.8) is 0 Å². The van der Waals surface area contributed by atoms with Gasteiger partial charge in [0.1, 0.15) is 19.1 Å². The van der Waals surface area contributed by atoms with E-state index in [9.17, 15) is 80.6 Å². The molecule has 0 saturated heterocycles. The molecule has 0 N–H and O–H groups in total. The lowest BCUT2D eigenvalue weighted by atomic mass is 10.1. The molecule has 0 aliphatic heterocycles. The van der Waals surface area contributed by atoms with Crippen molar-refractivity contribution in [2.24, 2.45) is 0 Å². The van der Waals surface area contributed by atoms with Crippen molar-refractivity contribution >= 4 is 162 Å². The number of hydrogen-bond acceptors (Lipinski definition) is 21. The first-order valence-electron chi connectivity index (χ1n) is 19.2. The molecular formula is C25H38O21Si20. The zero-order valence-corrected chi connectivity index (χ0v) is 55.9. The summed E-state index contributed by atoms with van der Waals surface area (Å²) in [6.07, 6.45) is 2.01. The molecule has 0 fully saturated rings. The van der Waals surface area contributed by atoms with Gasteiger partial charge >= 0.3 is 137 Å². The summed E-state index contributed by atoms with van der Waals surface area (Å²) in [6.45, 7) is 8.01. The van der Waals surface area contributed by atoms with E-state index >= 15 is 0 Å². The van der Waals surface area contributed by atoms with Crippen molar-refractivity contribution in [3.05, 3.63) is 59.7 Å². The van der Waals surface area contributed by atoms with Gasteiger partial charge < -0.3 is 89.4 Å². The Bertz CT molecular complexity index is 2570. The predicted molar refractivity (Wildman–Crippen MR) is 248 cm³/mol. The number of carbonyl (C=O) groups excluding carboxylic acids is 1. The van der Waals surface area contributed by atoms with E-state index in [0.717, 1.165) is 11.1 Å². The maximum absolute atomic E-state index is 13.3. The van der Waals surface area contributed by atoms with Gasteiger partial charge in [-0.1, -0.05) is 62.0 Å². The maximum Gasteiger partial charge on any atom is 0.381 e. The predicted octanol–water partition coefficient (Wildman–Crippen LogP) is -2.26. The molecule has 0 spiro atoms. The minimum atomic E-state index is -4.39. The van der Waals surface area contributed by atoms with Crippen LogP contribution in [0.5, 0.6) is 11.5 Å². The van der Waals surface area contributed by atoms with Crippen LogP contribution in [-0.2, 0) is 97.6 Å². The van der Waals surface area contributed by atoms with Gasteiger partial charge in [-0.25, -0.2) is 0 Å². The Balaban J connectivity index is 1.97. The second kappa shape index (κ2) is 27.9. The summed E-state index contributed by atoms with van der Waals surface area (Å²) < 4.78 is 236. The number of benzene rings is 2. The standard InChI is InChI=1S/C25H38O21Si20/c1-21(26)45-25-18-10-8-14-23(25)15-11-19-65(3,4)46-47-48(27)49(28)50(29)51(30)52(31)53(32)54(33)55(34)56(35)57(36)58(37)59(38)60(39)61(40)62(41)63(42)64(43)66(5,6)20-12-16-22-13-7-9-17-24(22)44-2/h7-10,13-14,17-18H,11-12,15-16,19-20H2,1-6H3. The Morgan fingerprint density at radius 1 is 0.485 bits per heavy atom. The molecule has 21 nitrogen and oxygen atoms in total. The van der Waals surface area contributed by atoms with Crippen LogP contribution in [-0.4, -0.2) is 169 Å². The Hall–Kier alpha value is -1.39. The van der Waals surface area contributed by atoms with Gasteiger partial charge in [0.25, 0.3) is 9.28 Å². The van der Waals surface area contributed by atoms with Gasteiger partial charge in [-0.3, -0.25) is 4.79 Å². The molecule has 0 atom stereocenters. The van der Waals surface area contributed by atoms with E-state index in [4.69, 9.17) is 13.6 Å². The van der Waals surface area contributed by atoms with E-state index in [1.54, 1.807) is 68.7 Å². The quantitative estimate of drug-likeness (QED) is 0.0453. The zero-order chi connectivity index (χ0) is 50.4. The number of aryl methyl sites for hydroxylation is 2. The highest BCUT2D eigenvalue weighted by atomic mass is 30.1. The minimum Gasteiger partial charge on any atom is -0.496 e. The van der Waals surface area contributed by atoms with Crippen LogP contribution in [0, 0.1) is 0 Å². The number of hydrogen-bond donors (Lipinski definition) is 0. The molecule has 41 heteroatoms. The molecule has 0 bridgehead atoms. The largest absolute Gasteiger partial charge is 0.496 e. The van der Waals surface area contributed by atoms with Crippen LogP contribution in [0.4, 0.5) is 0 Å². The molecular weight excluding hydrogens is 1200 g/mol. The molecule has 0 amide bonds. The normalized spacial score (nSPS) is 10.9. The summed E-state index contributed by atoms with van der Waals surface area (Å²) in [5, 5.41) is 0. The first kappa shape index (κ1) is 60.7. The highest BCUT2D eigenvalue weighted by Crippen LogP contribution is 2.24. The third kappa shape index (κ3) is 17.5. The maximum atomic E-state index is 13.3. The first-order valence-corrected chi connectivity index (χ1v) is 68.3. The lowest BCUT2D eigenvalue weighted by Crippen LogP contribution is -2.57. The number of rotatable bonds is 30. The van der Waals surface area contributed by atoms with Crippen LogP contribution in [0.15, 0.2) is 48.5 Å². The van der Waals surface area contributed by atoms with Gasteiger partial charge in [-0.15, -0.1) is 0 Å². The molecule has 344 valence electrons. The van der Waals surface area contributed by atoms with Crippen molar-refractivity contribution in [2.75, 3.05) is 7.11 Å². The van der Waals surface area contributed by atoms with Crippen molar-refractivity contribution in [1.82, 2.24) is 0 Å². The second-order valence-corrected chi connectivity index (χ2v) is 112. The van der Waals surface area contributed by atoms with E-state index in [0.29, 0.717) is 49.3 Å². The fourth-order valence-corrected chi connectivity index (χ4v) is 219. The summed E-state index contributed by atoms with van der Waals surface area (Å²) in [5.41, 5.74) is 1.61. The topological polar surface area (TPSA) is 335 Å². The summed E-state index contributed by atoms with van der Waals surface area (Å²) >= 11 is 0. The van der Waals surface area contributed by atoms with Crippen molar-refractivity contribution in [3.8, 4) is 11.5 Å². The number of ether oxygens (including phenoxy) is 2. The van der Waals surface area contributed by atoms with Crippen molar-refractivity contribution < 1.29 is 94.2 Å². The molecule has 2 radical (unpaired) electrons. The van der Waals surface area contributed by atoms with Gasteiger partial charge in [0.05, 0.1) is 7.11 Å². The van der Waals surface area contributed by atoms with Crippen LogP contribution in [0.1, 0.15) is 30.9 Å². The van der Waals surface area contributed by atoms with Crippen LogP contribution in [0.25, 0.3) is 0 Å². The molecule has 0 aliphatic carbocycles. The lowest BCUT2D eigenvalue weighted by molar-refractivity contribution is -0.131. The number of methoxy groups -OCH3 is 1. The highest BCUT2D eigenvalue weighted by molar-refractivity contribution is 7.82. The van der Waals surface area contributed by atoms with Gasteiger partial charge in [0.2, 0.25) is 0 Å². The van der Waals surface area contributed by atoms with Gasteiger partial charge in [0.15, 0.2) is 8.32 Å². The Morgan fingerprint density at radius 2 is 0.818 bits per heavy atom. The molecule has 0 aromatic heterocycles. The number of esters is 1.